The number of nitrogens with zero attached hydrogens (tertiary/aromatic N) is 1. The Morgan fingerprint density at radius 3 is 2.74 bits per heavy atom. The van der Waals surface area contributed by atoms with E-state index < -0.39 is 17.9 Å². The molecule has 0 bridgehead atoms. The third-order valence-electron chi connectivity index (χ3n) is 2.30. The van der Waals surface area contributed by atoms with Gasteiger partial charge in [-0.05, 0) is 19.1 Å². The standard InChI is InChI=1S/C13H14N2O4/c1-9(13(17)18-2)15-12(16)8-19-11-6-4-3-5-10(11)7-14/h3-6,9H,8H2,1-2H3,(H,15,16). The van der Waals surface area contributed by atoms with Crippen molar-refractivity contribution in [3.63, 3.8) is 0 Å². The van der Waals surface area contributed by atoms with Crippen LogP contribution in [0.15, 0.2) is 24.3 Å². The zero-order valence-electron chi connectivity index (χ0n) is 10.7. The Morgan fingerprint density at radius 2 is 2.11 bits per heavy atom. The van der Waals surface area contributed by atoms with Crippen molar-refractivity contribution in [1.29, 1.82) is 5.26 Å². The highest BCUT2D eigenvalue weighted by molar-refractivity contribution is 5.84. The van der Waals surface area contributed by atoms with Crippen LogP contribution in [0.4, 0.5) is 0 Å². The molecule has 0 heterocycles. The van der Waals surface area contributed by atoms with Crippen LogP contribution in [-0.2, 0) is 14.3 Å². The first-order valence-electron chi connectivity index (χ1n) is 5.57. The number of methoxy groups -OCH3 is 1. The minimum Gasteiger partial charge on any atom is -0.482 e. The largest absolute Gasteiger partial charge is 0.482 e. The first kappa shape index (κ1) is 14.5. The van der Waals surface area contributed by atoms with Gasteiger partial charge in [0.2, 0.25) is 0 Å². The topological polar surface area (TPSA) is 88.4 Å². The van der Waals surface area contributed by atoms with Crippen LogP contribution in [0.3, 0.4) is 0 Å². The van der Waals surface area contributed by atoms with Crippen molar-refractivity contribution >= 4 is 11.9 Å². The fourth-order valence-corrected chi connectivity index (χ4v) is 1.35. The Morgan fingerprint density at radius 1 is 1.42 bits per heavy atom. The van der Waals surface area contributed by atoms with E-state index >= 15 is 0 Å². The molecule has 0 aliphatic heterocycles. The second kappa shape index (κ2) is 7.01. The van der Waals surface area contributed by atoms with E-state index in [1.807, 2.05) is 6.07 Å². The van der Waals surface area contributed by atoms with Gasteiger partial charge in [0.25, 0.3) is 5.91 Å². The minimum atomic E-state index is -0.743. The summed E-state index contributed by atoms with van der Waals surface area (Å²) in [4.78, 5) is 22.6. The summed E-state index contributed by atoms with van der Waals surface area (Å²) in [6.07, 6.45) is 0. The normalized spacial score (nSPS) is 11.0. The Kier molecular flexibility index (Phi) is 5.35. The molecule has 1 atom stereocenters. The lowest BCUT2D eigenvalue weighted by Gasteiger charge is -2.12. The lowest BCUT2D eigenvalue weighted by Crippen LogP contribution is -2.41. The number of ether oxygens (including phenoxy) is 2. The molecule has 1 unspecified atom stereocenters. The number of rotatable bonds is 5. The summed E-state index contributed by atoms with van der Waals surface area (Å²) >= 11 is 0. The number of carbonyl (C=O) groups excluding carboxylic acids is 2. The molecule has 0 aliphatic rings. The number of hydrogen-bond acceptors (Lipinski definition) is 5. The van der Waals surface area contributed by atoms with Crippen molar-refractivity contribution in [2.24, 2.45) is 0 Å². The third-order valence-corrected chi connectivity index (χ3v) is 2.30. The highest BCUT2D eigenvalue weighted by atomic mass is 16.5. The van der Waals surface area contributed by atoms with Gasteiger partial charge < -0.3 is 14.8 Å². The fourth-order valence-electron chi connectivity index (χ4n) is 1.35. The minimum absolute atomic E-state index is 0.278. The zero-order valence-corrected chi connectivity index (χ0v) is 10.7. The number of nitriles is 1. The number of nitrogens with one attached hydrogen (secondary N) is 1. The second-order valence-corrected chi connectivity index (χ2v) is 3.71. The van der Waals surface area contributed by atoms with Crippen molar-refractivity contribution in [2.45, 2.75) is 13.0 Å². The summed E-state index contributed by atoms with van der Waals surface area (Å²) in [6.45, 7) is 1.23. The molecule has 0 spiro atoms. The Balaban J connectivity index is 2.51. The summed E-state index contributed by atoms with van der Waals surface area (Å²) in [6, 6.07) is 7.79. The van der Waals surface area contributed by atoms with Gasteiger partial charge in [-0.25, -0.2) is 4.79 Å². The smallest absolute Gasteiger partial charge is 0.328 e. The molecule has 0 aromatic heterocycles. The highest BCUT2D eigenvalue weighted by Crippen LogP contribution is 2.16. The SMILES string of the molecule is COC(=O)C(C)NC(=O)COc1ccccc1C#N. The predicted molar refractivity (Wildman–Crippen MR) is 66.3 cm³/mol. The number of para-hydroxylation sites is 1. The molecule has 6 heteroatoms. The quantitative estimate of drug-likeness (QED) is 0.785. The molecule has 1 rings (SSSR count). The molecular weight excluding hydrogens is 248 g/mol. The molecule has 6 nitrogen and oxygen atoms in total. The van der Waals surface area contributed by atoms with Gasteiger partial charge in [-0.3, -0.25) is 4.79 Å². The maximum atomic E-state index is 11.5. The summed E-state index contributed by atoms with van der Waals surface area (Å²) in [7, 11) is 1.24. The molecule has 100 valence electrons. The average molecular weight is 262 g/mol. The van der Waals surface area contributed by atoms with E-state index in [1.54, 1.807) is 24.3 Å². The molecule has 0 fully saturated rings. The Labute approximate surface area is 110 Å². The molecule has 1 aromatic rings. The van der Waals surface area contributed by atoms with E-state index in [9.17, 15) is 9.59 Å². The lowest BCUT2D eigenvalue weighted by molar-refractivity contribution is -0.144. The third kappa shape index (κ3) is 4.32. The van der Waals surface area contributed by atoms with Gasteiger partial charge in [0, 0.05) is 0 Å². The average Bonchev–Trinajstić information content (AvgIpc) is 2.44. The van der Waals surface area contributed by atoms with E-state index in [1.165, 1.54) is 14.0 Å². The van der Waals surface area contributed by atoms with Crippen LogP contribution in [0.5, 0.6) is 5.75 Å². The van der Waals surface area contributed by atoms with Gasteiger partial charge in [-0.15, -0.1) is 0 Å². The lowest BCUT2D eigenvalue weighted by atomic mass is 10.2. The Bertz CT molecular complexity index is 508. The van der Waals surface area contributed by atoms with Gasteiger partial charge >= 0.3 is 5.97 Å². The molecule has 0 saturated heterocycles. The summed E-state index contributed by atoms with van der Waals surface area (Å²) < 4.78 is 9.69. The van der Waals surface area contributed by atoms with Crippen LogP contribution in [-0.4, -0.2) is 31.6 Å². The number of hydrogen-bond donors (Lipinski definition) is 1. The van der Waals surface area contributed by atoms with Gasteiger partial charge in [-0.2, -0.15) is 5.26 Å². The molecule has 0 aliphatic carbocycles. The number of carbonyl (C=O) groups is 2. The monoisotopic (exact) mass is 262 g/mol. The molecular formula is C13H14N2O4. The summed E-state index contributed by atoms with van der Waals surface area (Å²) in [5, 5.41) is 11.3. The van der Waals surface area contributed by atoms with Crippen LogP contribution in [0.25, 0.3) is 0 Å². The van der Waals surface area contributed by atoms with Crippen molar-refractivity contribution in [1.82, 2.24) is 5.32 Å². The molecule has 1 aromatic carbocycles. The van der Waals surface area contributed by atoms with Gasteiger partial charge in [0.15, 0.2) is 6.61 Å². The Hall–Kier alpha value is -2.55. The fraction of sp³-hybridized carbons (Fsp3) is 0.308. The number of benzene rings is 1. The van der Waals surface area contributed by atoms with Gasteiger partial charge in [-0.1, -0.05) is 12.1 Å². The van der Waals surface area contributed by atoms with Gasteiger partial charge in [0.05, 0.1) is 12.7 Å². The molecule has 0 saturated carbocycles. The van der Waals surface area contributed by atoms with Crippen molar-refractivity contribution in [3.8, 4) is 11.8 Å². The van der Waals surface area contributed by atoms with Crippen LogP contribution >= 0.6 is 0 Å². The van der Waals surface area contributed by atoms with Crippen LogP contribution in [0.2, 0.25) is 0 Å². The second-order valence-electron chi connectivity index (χ2n) is 3.71. The molecule has 19 heavy (non-hydrogen) atoms. The summed E-state index contributed by atoms with van der Waals surface area (Å²) in [5.41, 5.74) is 0.344. The first-order chi connectivity index (χ1) is 9.08. The molecule has 1 N–H and O–H groups in total. The van der Waals surface area contributed by atoms with Crippen LogP contribution < -0.4 is 10.1 Å². The number of amides is 1. The van der Waals surface area contributed by atoms with E-state index in [2.05, 4.69) is 10.1 Å². The zero-order chi connectivity index (χ0) is 14.3. The first-order valence-corrected chi connectivity index (χ1v) is 5.57. The molecule has 1 amide bonds. The number of esters is 1. The van der Waals surface area contributed by atoms with Crippen LogP contribution in [0.1, 0.15) is 12.5 Å². The van der Waals surface area contributed by atoms with Gasteiger partial charge in [0.1, 0.15) is 17.9 Å². The van der Waals surface area contributed by atoms with E-state index in [0.717, 1.165) is 0 Å². The van der Waals surface area contributed by atoms with Crippen molar-refractivity contribution in [3.05, 3.63) is 29.8 Å². The highest BCUT2D eigenvalue weighted by Gasteiger charge is 2.16. The maximum Gasteiger partial charge on any atom is 0.328 e. The van der Waals surface area contributed by atoms with Crippen molar-refractivity contribution < 1.29 is 19.1 Å². The van der Waals surface area contributed by atoms with Crippen molar-refractivity contribution in [2.75, 3.05) is 13.7 Å². The van der Waals surface area contributed by atoms with E-state index in [-0.39, 0.29) is 6.61 Å². The van der Waals surface area contributed by atoms with E-state index in [0.29, 0.717) is 11.3 Å². The predicted octanol–water partition coefficient (Wildman–Crippen LogP) is 0.615. The maximum absolute atomic E-state index is 11.5. The van der Waals surface area contributed by atoms with Crippen LogP contribution in [0, 0.1) is 11.3 Å². The molecule has 0 radical (unpaired) electrons. The van der Waals surface area contributed by atoms with E-state index in [4.69, 9.17) is 10.00 Å². The summed E-state index contributed by atoms with van der Waals surface area (Å²) in [5.74, 6) is -0.678.